The summed E-state index contributed by atoms with van der Waals surface area (Å²) in [6.07, 6.45) is 0.278. The summed E-state index contributed by atoms with van der Waals surface area (Å²) in [6.45, 7) is 0.931. The molecular formula is C13H12F3N5O. The van der Waals surface area contributed by atoms with Crippen LogP contribution in [-0.2, 0) is 6.18 Å². The fourth-order valence-corrected chi connectivity index (χ4v) is 2.40. The molecule has 0 aliphatic carbocycles. The molecule has 0 aromatic carbocycles. The number of hydrogen-bond donors (Lipinski definition) is 0. The Morgan fingerprint density at radius 3 is 2.55 bits per heavy atom. The Morgan fingerprint density at radius 2 is 1.95 bits per heavy atom. The van der Waals surface area contributed by atoms with Crippen molar-refractivity contribution in [1.29, 1.82) is 0 Å². The van der Waals surface area contributed by atoms with E-state index in [2.05, 4.69) is 15.2 Å². The second kappa shape index (κ2) is 5.39. The molecule has 0 spiro atoms. The molecule has 1 aliphatic rings. The highest BCUT2D eigenvalue weighted by Gasteiger charge is 2.33. The lowest BCUT2D eigenvalue weighted by molar-refractivity contribution is -0.141. The first-order valence-corrected chi connectivity index (χ1v) is 6.63. The summed E-state index contributed by atoms with van der Waals surface area (Å²) in [5.74, 6) is -0.337. The minimum Gasteiger partial charge on any atom is -0.336 e. The summed E-state index contributed by atoms with van der Waals surface area (Å²) in [6, 6.07) is 1.95. The summed E-state index contributed by atoms with van der Waals surface area (Å²) in [5.41, 5.74) is -0.869. The molecule has 1 fully saturated rings. The van der Waals surface area contributed by atoms with E-state index in [1.807, 2.05) is 0 Å². The van der Waals surface area contributed by atoms with Gasteiger partial charge in [0.2, 0.25) is 0 Å². The zero-order valence-corrected chi connectivity index (χ0v) is 11.4. The molecule has 0 saturated carbocycles. The Kier molecular flexibility index (Phi) is 3.55. The van der Waals surface area contributed by atoms with Crippen LogP contribution in [0, 0.1) is 0 Å². The Hall–Kier alpha value is -2.45. The first-order valence-electron chi connectivity index (χ1n) is 6.63. The maximum atomic E-state index is 12.5. The number of alkyl halides is 3. The molecule has 0 N–H and O–H groups in total. The van der Waals surface area contributed by atoms with Crippen LogP contribution < -0.4 is 0 Å². The van der Waals surface area contributed by atoms with Gasteiger partial charge in [0.05, 0.1) is 24.0 Å². The number of hydrogen-bond acceptors (Lipinski definition) is 4. The van der Waals surface area contributed by atoms with Gasteiger partial charge in [0.15, 0.2) is 0 Å². The highest BCUT2D eigenvalue weighted by molar-refractivity contribution is 5.94. The Labute approximate surface area is 123 Å². The van der Waals surface area contributed by atoms with Gasteiger partial charge in [0.1, 0.15) is 5.69 Å². The first-order chi connectivity index (χ1) is 10.4. The van der Waals surface area contributed by atoms with E-state index < -0.39 is 11.9 Å². The van der Waals surface area contributed by atoms with Crippen LogP contribution in [0.5, 0.6) is 0 Å². The maximum Gasteiger partial charge on any atom is 0.433 e. The topological polar surface area (TPSA) is 63.9 Å². The summed E-state index contributed by atoms with van der Waals surface area (Å²) in [5, 5.41) is 8.07. The largest absolute Gasteiger partial charge is 0.433 e. The quantitative estimate of drug-likeness (QED) is 0.848. The Bertz CT molecular complexity index is 653. The number of likely N-dealkylation sites (tertiary alicyclic amines) is 1. The fraction of sp³-hybridized carbons (Fsp3) is 0.385. The van der Waals surface area contributed by atoms with Crippen LogP contribution in [-0.4, -0.2) is 43.9 Å². The number of halogens is 3. The Morgan fingerprint density at radius 1 is 1.23 bits per heavy atom. The van der Waals surface area contributed by atoms with Gasteiger partial charge in [-0.05, 0) is 18.6 Å². The van der Waals surface area contributed by atoms with Crippen LogP contribution in [0.2, 0.25) is 0 Å². The third-order valence-electron chi connectivity index (χ3n) is 3.51. The van der Waals surface area contributed by atoms with Gasteiger partial charge in [0, 0.05) is 19.3 Å². The third-order valence-corrected chi connectivity index (χ3v) is 3.51. The number of aromatic nitrogens is 4. The van der Waals surface area contributed by atoms with Gasteiger partial charge in [-0.3, -0.25) is 9.78 Å². The second-order valence-corrected chi connectivity index (χ2v) is 4.97. The molecule has 6 nitrogen and oxygen atoms in total. The number of nitrogens with zero attached hydrogens (tertiary/aromatic N) is 5. The van der Waals surface area contributed by atoms with Gasteiger partial charge in [0.25, 0.3) is 5.91 Å². The molecule has 22 heavy (non-hydrogen) atoms. The number of carbonyl (C=O) groups is 1. The number of pyridine rings is 1. The predicted octanol–water partition coefficient (Wildman–Crippen LogP) is 1.78. The molecule has 9 heteroatoms. The van der Waals surface area contributed by atoms with Gasteiger partial charge >= 0.3 is 6.18 Å². The molecule has 1 aliphatic heterocycles. The lowest BCUT2D eigenvalue weighted by atomic mass is 10.2. The van der Waals surface area contributed by atoms with E-state index in [0.29, 0.717) is 19.5 Å². The van der Waals surface area contributed by atoms with Crippen LogP contribution >= 0.6 is 0 Å². The predicted molar refractivity (Wildman–Crippen MR) is 68.8 cm³/mol. The lowest BCUT2D eigenvalue weighted by Crippen LogP contribution is -2.29. The van der Waals surface area contributed by atoms with E-state index in [1.165, 1.54) is 4.80 Å². The van der Waals surface area contributed by atoms with E-state index in [0.717, 1.165) is 18.3 Å². The molecule has 1 unspecified atom stereocenters. The molecule has 2 aromatic heterocycles. The van der Waals surface area contributed by atoms with Crippen LogP contribution in [0.25, 0.3) is 0 Å². The van der Waals surface area contributed by atoms with Crippen molar-refractivity contribution < 1.29 is 18.0 Å². The van der Waals surface area contributed by atoms with Crippen molar-refractivity contribution in [3.05, 3.63) is 42.0 Å². The monoisotopic (exact) mass is 311 g/mol. The minimum absolute atomic E-state index is 0.0126. The summed E-state index contributed by atoms with van der Waals surface area (Å²) in [4.78, 5) is 18.7. The van der Waals surface area contributed by atoms with Crippen molar-refractivity contribution in [2.24, 2.45) is 0 Å². The molecule has 1 saturated heterocycles. The smallest absolute Gasteiger partial charge is 0.336 e. The number of carbonyl (C=O) groups excluding carboxylic acids is 1. The van der Waals surface area contributed by atoms with Crippen molar-refractivity contribution in [3.63, 3.8) is 0 Å². The second-order valence-electron chi connectivity index (χ2n) is 4.97. The van der Waals surface area contributed by atoms with Crippen LogP contribution in [0.1, 0.15) is 28.5 Å². The molecule has 1 amide bonds. The van der Waals surface area contributed by atoms with E-state index in [-0.39, 0.29) is 17.5 Å². The number of rotatable bonds is 2. The molecule has 2 aromatic rings. The van der Waals surface area contributed by atoms with Crippen molar-refractivity contribution in [2.45, 2.75) is 18.6 Å². The minimum atomic E-state index is -4.51. The first kappa shape index (κ1) is 14.5. The van der Waals surface area contributed by atoms with Gasteiger partial charge in [-0.2, -0.15) is 28.2 Å². The third kappa shape index (κ3) is 2.78. The summed E-state index contributed by atoms with van der Waals surface area (Å²) in [7, 11) is 0. The average molecular weight is 311 g/mol. The molecule has 1 atom stereocenters. The van der Waals surface area contributed by atoms with Gasteiger partial charge in [-0.15, -0.1) is 0 Å². The molecule has 116 valence electrons. The SMILES string of the molecule is O=C(c1ccc(C(F)(F)F)nc1)N1CCC(n2nccn2)C1. The van der Waals surface area contributed by atoms with Gasteiger partial charge in [-0.1, -0.05) is 0 Å². The lowest BCUT2D eigenvalue weighted by Gasteiger charge is -2.16. The van der Waals surface area contributed by atoms with Crippen molar-refractivity contribution in [1.82, 2.24) is 24.9 Å². The van der Waals surface area contributed by atoms with E-state index in [1.54, 1.807) is 17.3 Å². The zero-order valence-electron chi connectivity index (χ0n) is 11.4. The highest BCUT2D eigenvalue weighted by Crippen LogP contribution is 2.27. The van der Waals surface area contributed by atoms with E-state index in [4.69, 9.17) is 0 Å². The van der Waals surface area contributed by atoms with E-state index in [9.17, 15) is 18.0 Å². The van der Waals surface area contributed by atoms with Crippen molar-refractivity contribution >= 4 is 5.91 Å². The molecule has 3 rings (SSSR count). The van der Waals surface area contributed by atoms with Gasteiger partial charge in [-0.25, -0.2) is 0 Å². The average Bonchev–Trinajstić information content (AvgIpc) is 3.16. The normalized spacial score (nSPS) is 18.7. The molecular weight excluding hydrogens is 299 g/mol. The van der Waals surface area contributed by atoms with Crippen LogP contribution in [0.4, 0.5) is 13.2 Å². The standard InChI is InChI=1S/C13H12F3N5O/c14-13(15,16)11-2-1-9(7-17-11)12(22)20-6-3-10(8-20)21-18-4-5-19-21/h1-2,4-5,7,10H,3,6,8H2. The maximum absolute atomic E-state index is 12.5. The number of amides is 1. The highest BCUT2D eigenvalue weighted by atomic mass is 19.4. The summed E-state index contributed by atoms with van der Waals surface area (Å²) < 4.78 is 37.4. The van der Waals surface area contributed by atoms with Crippen molar-refractivity contribution in [3.8, 4) is 0 Å². The van der Waals surface area contributed by atoms with Gasteiger partial charge < -0.3 is 4.90 Å². The molecule has 0 bridgehead atoms. The van der Waals surface area contributed by atoms with Crippen LogP contribution in [0.15, 0.2) is 30.7 Å². The summed E-state index contributed by atoms with van der Waals surface area (Å²) >= 11 is 0. The van der Waals surface area contributed by atoms with E-state index >= 15 is 0 Å². The van der Waals surface area contributed by atoms with Crippen molar-refractivity contribution in [2.75, 3.05) is 13.1 Å². The fourth-order valence-electron chi connectivity index (χ4n) is 2.40. The molecule has 3 heterocycles. The zero-order chi connectivity index (χ0) is 15.7. The Balaban J connectivity index is 1.70. The van der Waals surface area contributed by atoms with Crippen LogP contribution in [0.3, 0.4) is 0 Å². The molecule has 0 radical (unpaired) electrons.